The van der Waals surface area contributed by atoms with Crippen LogP contribution in [0.2, 0.25) is 0 Å². The summed E-state index contributed by atoms with van der Waals surface area (Å²) in [5, 5.41) is 5.10. The highest BCUT2D eigenvalue weighted by Gasteiger charge is 2.30. The summed E-state index contributed by atoms with van der Waals surface area (Å²) >= 11 is 0. The van der Waals surface area contributed by atoms with Gasteiger partial charge in [-0.25, -0.2) is 0 Å². The summed E-state index contributed by atoms with van der Waals surface area (Å²) in [5.41, 5.74) is -0.134. The van der Waals surface area contributed by atoms with E-state index in [1.807, 2.05) is 0 Å². The van der Waals surface area contributed by atoms with Crippen LogP contribution in [0.1, 0.15) is 26.3 Å². The van der Waals surface area contributed by atoms with Crippen molar-refractivity contribution in [3.8, 4) is 11.5 Å². The van der Waals surface area contributed by atoms with Gasteiger partial charge in [-0.15, -0.1) is 0 Å². The van der Waals surface area contributed by atoms with Gasteiger partial charge in [-0.05, 0) is 48.5 Å². The Bertz CT molecular complexity index is 1150. The molecular weight excluding hydrogens is 425 g/mol. The van der Waals surface area contributed by atoms with Crippen molar-refractivity contribution >= 4 is 23.2 Å². The zero-order valence-corrected chi connectivity index (χ0v) is 17.1. The summed E-state index contributed by atoms with van der Waals surface area (Å²) in [6.07, 6.45) is -4.52. The van der Waals surface area contributed by atoms with Crippen molar-refractivity contribution < 1.29 is 32.2 Å². The van der Waals surface area contributed by atoms with Gasteiger partial charge < -0.3 is 20.1 Å². The molecule has 0 aliphatic heterocycles. The number of anilines is 2. The number of carbonyl (C=O) groups is 2. The molecule has 0 heterocycles. The van der Waals surface area contributed by atoms with Crippen LogP contribution in [0.5, 0.6) is 11.5 Å². The van der Waals surface area contributed by atoms with Gasteiger partial charge in [0.25, 0.3) is 11.8 Å². The third kappa shape index (κ3) is 5.37. The lowest BCUT2D eigenvalue weighted by molar-refractivity contribution is -0.137. The smallest absolute Gasteiger partial charge is 0.416 e. The Morgan fingerprint density at radius 1 is 0.781 bits per heavy atom. The van der Waals surface area contributed by atoms with Gasteiger partial charge in [0.1, 0.15) is 11.5 Å². The third-order valence-corrected chi connectivity index (χ3v) is 4.48. The second-order valence-corrected chi connectivity index (χ2v) is 6.63. The quantitative estimate of drug-likeness (QED) is 0.546. The average molecular weight is 444 g/mol. The summed E-state index contributed by atoms with van der Waals surface area (Å²) in [6, 6.07) is 15.0. The van der Waals surface area contributed by atoms with Gasteiger partial charge in [0.05, 0.1) is 25.3 Å². The van der Waals surface area contributed by atoms with E-state index in [1.54, 1.807) is 24.3 Å². The van der Waals surface area contributed by atoms with Crippen molar-refractivity contribution in [1.82, 2.24) is 0 Å². The number of rotatable bonds is 6. The van der Waals surface area contributed by atoms with Gasteiger partial charge in [-0.1, -0.05) is 12.1 Å². The molecule has 0 saturated carbocycles. The minimum absolute atomic E-state index is 0.00207. The number of halogens is 3. The fourth-order valence-corrected chi connectivity index (χ4v) is 2.90. The molecule has 3 aromatic rings. The molecule has 0 spiro atoms. The fourth-order valence-electron chi connectivity index (χ4n) is 2.90. The van der Waals surface area contributed by atoms with Crippen molar-refractivity contribution in [3.05, 3.63) is 83.4 Å². The molecule has 2 amide bonds. The molecule has 6 nitrogen and oxygen atoms in total. The van der Waals surface area contributed by atoms with E-state index in [1.165, 1.54) is 44.6 Å². The molecular formula is C23H19F3N2O4. The summed E-state index contributed by atoms with van der Waals surface area (Å²) in [6.45, 7) is 0. The van der Waals surface area contributed by atoms with Gasteiger partial charge in [-0.2, -0.15) is 13.2 Å². The first-order chi connectivity index (χ1) is 15.2. The lowest BCUT2D eigenvalue weighted by Crippen LogP contribution is -2.15. The molecule has 166 valence electrons. The van der Waals surface area contributed by atoms with E-state index >= 15 is 0 Å². The molecule has 0 saturated heterocycles. The van der Waals surface area contributed by atoms with Crippen LogP contribution in [-0.4, -0.2) is 26.0 Å². The second kappa shape index (κ2) is 9.42. The molecule has 0 unspecified atom stereocenters. The number of hydrogen-bond acceptors (Lipinski definition) is 4. The highest BCUT2D eigenvalue weighted by Crippen LogP contribution is 2.31. The van der Waals surface area contributed by atoms with E-state index in [0.29, 0.717) is 17.2 Å². The Balaban J connectivity index is 1.76. The molecule has 0 fully saturated rings. The molecule has 9 heteroatoms. The Morgan fingerprint density at radius 2 is 1.44 bits per heavy atom. The number of alkyl halides is 3. The van der Waals surface area contributed by atoms with Crippen LogP contribution in [0.25, 0.3) is 0 Å². The molecule has 0 aliphatic rings. The number of carbonyl (C=O) groups excluding carboxylic acids is 2. The van der Waals surface area contributed by atoms with Crippen LogP contribution in [0.15, 0.2) is 66.7 Å². The fraction of sp³-hybridized carbons (Fsp3) is 0.130. The first-order valence-electron chi connectivity index (χ1n) is 9.33. The van der Waals surface area contributed by atoms with E-state index in [0.717, 1.165) is 12.1 Å². The van der Waals surface area contributed by atoms with Gasteiger partial charge >= 0.3 is 6.18 Å². The minimum atomic E-state index is -4.52. The topological polar surface area (TPSA) is 76.7 Å². The van der Waals surface area contributed by atoms with Crippen molar-refractivity contribution in [2.45, 2.75) is 6.18 Å². The number of methoxy groups -OCH3 is 2. The summed E-state index contributed by atoms with van der Waals surface area (Å²) in [7, 11) is 2.91. The molecule has 2 N–H and O–H groups in total. The van der Waals surface area contributed by atoms with E-state index in [2.05, 4.69) is 10.6 Å². The van der Waals surface area contributed by atoms with Crippen LogP contribution in [0.4, 0.5) is 24.5 Å². The zero-order chi connectivity index (χ0) is 23.3. The lowest BCUT2D eigenvalue weighted by Gasteiger charge is -2.12. The number of hydrogen-bond donors (Lipinski definition) is 2. The molecule has 0 aliphatic carbocycles. The summed E-state index contributed by atoms with van der Waals surface area (Å²) in [4.78, 5) is 25.2. The van der Waals surface area contributed by atoms with Crippen LogP contribution >= 0.6 is 0 Å². The maximum Gasteiger partial charge on any atom is 0.416 e. The minimum Gasteiger partial charge on any atom is -0.497 e. The molecule has 32 heavy (non-hydrogen) atoms. The molecule has 0 aromatic heterocycles. The van der Waals surface area contributed by atoms with Gasteiger partial charge in [-0.3, -0.25) is 9.59 Å². The Morgan fingerprint density at radius 3 is 2.09 bits per heavy atom. The Hall–Kier alpha value is -4.01. The monoisotopic (exact) mass is 444 g/mol. The maximum atomic E-state index is 12.9. The highest BCUT2D eigenvalue weighted by molar-refractivity contribution is 6.08. The predicted octanol–water partition coefficient (Wildman–Crippen LogP) is 5.23. The van der Waals surface area contributed by atoms with E-state index in [4.69, 9.17) is 9.47 Å². The Labute approximate surface area is 182 Å². The number of nitrogens with one attached hydrogen (secondary N) is 2. The SMILES string of the molecule is COc1ccc(C(=O)Nc2cccc(C(=O)Nc3cccc(C(F)(F)F)c3)c2)c(OC)c1. The standard InChI is InChI=1S/C23H19F3N2O4/c1-31-18-9-10-19(20(13-18)32-2)22(30)28-16-7-3-5-14(11-16)21(29)27-17-8-4-6-15(12-17)23(24,25)26/h3-13H,1-2H3,(H,27,29)(H,28,30). The van der Waals surface area contributed by atoms with Gasteiger partial charge in [0, 0.05) is 23.0 Å². The summed E-state index contributed by atoms with van der Waals surface area (Å²) < 4.78 is 48.9. The van der Waals surface area contributed by atoms with E-state index in [9.17, 15) is 22.8 Å². The van der Waals surface area contributed by atoms with Gasteiger partial charge in [0.15, 0.2) is 0 Å². The second-order valence-electron chi connectivity index (χ2n) is 6.63. The number of ether oxygens (including phenoxy) is 2. The van der Waals surface area contributed by atoms with Gasteiger partial charge in [0.2, 0.25) is 0 Å². The number of amides is 2. The predicted molar refractivity (Wildman–Crippen MR) is 113 cm³/mol. The van der Waals surface area contributed by atoms with Crippen LogP contribution < -0.4 is 20.1 Å². The first kappa shape index (κ1) is 22.7. The van der Waals surface area contributed by atoms with E-state index < -0.39 is 23.6 Å². The lowest BCUT2D eigenvalue weighted by atomic mass is 10.1. The molecule has 0 radical (unpaired) electrons. The highest BCUT2D eigenvalue weighted by atomic mass is 19.4. The largest absolute Gasteiger partial charge is 0.497 e. The van der Waals surface area contributed by atoms with Crippen LogP contribution in [0.3, 0.4) is 0 Å². The van der Waals surface area contributed by atoms with Crippen LogP contribution in [0, 0.1) is 0 Å². The summed E-state index contributed by atoms with van der Waals surface area (Å²) in [5.74, 6) is -0.269. The molecule has 0 bridgehead atoms. The maximum absolute atomic E-state index is 12.9. The first-order valence-corrected chi connectivity index (χ1v) is 9.33. The van der Waals surface area contributed by atoms with Crippen molar-refractivity contribution in [2.24, 2.45) is 0 Å². The average Bonchev–Trinajstić information content (AvgIpc) is 2.78. The third-order valence-electron chi connectivity index (χ3n) is 4.48. The molecule has 3 aromatic carbocycles. The van der Waals surface area contributed by atoms with Crippen molar-refractivity contribution in [1.29, 1.82) is 0 Å². The van der Waals surface area contributed by atoms with Crippen molar-refractivity contribution in [2.75, 3.05) is 24.9 Å². The zero-order valence-electron chi connectivity index (χ0n) is 17.1. The normalized spacial score (nSPS) is 10.9. The number of benzene rings is 3. The Kier molecular flexibility index (Phi) is 6.67. The van der Waals surface area contributed by atoms with Crippen molar-refractivity contribution in [3.63, 3.8) is 0 Å². The van der Waals surface area contributed by atoms with E-state index in [-0.39, 0.29) is 16.8 Å². The molecule has 3 rings (SSSR count). The molecule has 0 atom stereocenters. The van der Waals surface area contributed by atoms with Crippen LogP contribution in [-0.2, 0) is 6.18 Å².